The maximum Gasteiger partial charge on any atom is 0.345 e. The average Bonchev–Trinajstić information content (AvgIpc) is 2.39. The molecule has 0 aliphatic rings. The van der Waals surface area contributed by atoms with Crippen molar-refractivity contribution in [1.29, 1.82) is 0 Å². The number of Topliss-reactive ketones (excluding diaryl/α,β-unsaturated/α-hetero) is 1. The molecule has 0 unspecified atom stereocenters. The van der Waals surface area contributed by atoms with E-state index < -0.39 is 11.8 Å². The zero-order valence-corrected chi connectivity index (χ0v) is 14.0. The quantitative estimate of drug-likeness (QED) is 0.137. The van der Waals surface area contributed by atoms with Crippen LogP contribution in [0.1, 0.15) is 24.2 Å². The average molecular weight is 409 g/mol. The van der Waals surface area contributed by atoms with Crippen LogP contribution in [0, 0.1) is 3.57 Å². The smallest absolute Gasteiger partial charge is 0.345 e. The van der Waals surface area contributed by atoms with Crippen LogP contribution in [-0.4, -0.2) is 25.0 Å². The molecule has 0 atom stereocenters. The molecule has 0 spiro atoms. The molecule has 0 bridgehead atoms. The minimum absolute atomic E-state index is 0.170. The van der Waals surface area contributed by atoms with Gasteiger partial charge in [-0.05, 0) is 54.6 Å². The first kappa shape index (κ1) is 17.0. The Hall–Kier alpha value is -1.08. The summed E-state index contributed by atoms with van der Waals surface area (Å²) in [6.07, 6.45) is 1.12. The van der Waals surface area contributed by atoms with Crippen molar-refractivity contribution >= 4 is 45.9 Å². The van der Waals surface area contributed by atoms with Gasteiger partial charge in [-0.2, -0.15) is 0 Å². The number of carbonyl (C=O) groups excluding carboxylic acids is 2. The van der Waals surface area contributed by atoms with Gasteiger partial charge in [-0.1, -0.05) is 11.6 Å². The lowest BCUT2D eigenvalue weighted by molar-refractivity contribution is -0.138. The Morgan fingerprint density at radius 2 is 2.00 bits per heavy atom. The fourth-order valence-corrected chi connectivity index (χ4v) is 2.33. The normalized spacial score (nSPS) is 11.1. The zero-order valence-electron chi connectivity index (χ0n) is 11.1. The van der Waals surface area contributed by atoms with E-state index in [1.165, 1.54) is 0 Å². The van der Waals surface area contributed by atoms with Gasteiger partial charge in [0.15, 0.2) is 0 Å². The van der Waals surface area contributed by atoms with E-state index in [1.807, 2.05) is 0 Å². The van der Waals surface area contributed by atoms with Crippen molar-refractivity contribution in [2.75, 3.05) is 13.2 Å². The SMILES string of the molecule is CCO/C=C(\C(=O)OCC)C(=O)c1ccc(I)cc1Cl. The van der Waals surface area contributed by atoms with Crippen LogP contribution in [0.5, 0.6) is 0 Å². The van der Waals surface area contributed by atoms with Crippen molar-refractivity contribution in [1.82, 2.24) is 0 Å². The van der Waals surface area contributed by atoms with Gasteiger partial charge in [-0.25, -0.2) is 4.79 Å². The fraction of sp³-hybridized carbons (Fsp3) is 0.286. The highest BCUT2D eigenvalue weighted by Gasteiger charge is 2.23. The molecule has 1 aromatic rings. The number of benzene rings is 1. The maximum absolute atomic E-state index is 12.4. The summed E-state index contributed by atoms with van der Waals surface area (Å²) in [5, 5.41) is 0.286. The Kier molecular flexibility index (Phi) is 7.01. The number of hydrogen-bond donors (Lipinski definition) is 0. The van der Waals surface area contributed by atoms with Gasteiger partial charge in [-0.3, -0.25) is 4.79 Å². The van der Waals surface area contributed by atoms with Crippen LogP contribution in [-0.2, 0) is 14.3 Å². The minimum Gasteiger partial charge on any atom is -0.500 e. The van der Waals surface area contributed by atoms with Crippen LogP contribution >= 0.6 is 34.2 Å². The summed E-state index contributed by atoms with van der Waals surface area (Å²) in [7, 11) is 0. The molecule has 0 amide bonds. The van der Waals surface area contributed by atoms with Crippen LogP contribution < -0.4 is 0 Å². The van der Waals surface area contributed by atoms with Gasteiger partial charge in [0.1, 0.15) is 11.8 Å². The molecule has 0 fully saturated rings. The molecule has 0 aliphatic carbocycles. The second kappa shape index (κ2) is 8.26. The van der Waals surface area contributed by atoms with Crippen molar-refractivity contribution in [3.8, 4) is 0 Å². The Bertz CT molecular complexity index is 540. The maximum atomic E-state index is 12.4. The zero-order chi connectivity index (χ0) is 15.1. The van der Waals surface area contributed by atoms with Crippen LogP contribution in [0.4, 0.5) is 0 Å². The number of ether oxygens (including phenoxy) is 2. The van der Waals surface area contributed by atoms with E-state index in [0.717, 1.165) is 9.83 Å². The first-order valence-electron chi connectivity index (χ1n) is 5.99. The topological polar surface area (TPSA) is 52.6 Å². The third-order valence-corrected chi connectivity index (χ3v) is 3.27. The number of halogens is 2. The second-order valence-corrected chi connectivity index (χ2v) is 5.31. The van der Waals surface area contributed by atoms with Gasteiger partial charge in [0.05, 0.1) is 18.2 Å². The van der Waals surface area contributed by atoms with Crippen LogP contribution in [0.25, 0.3) is 0 Å². The lowest BCUT2D eigenvalue weighted by Crippen LogP contribution is -2.17. The van der Waals surface area contributed by atoms with E-state index in [1.54, 1.807) is 32.0 Å². The summed E-state index contributed by atoms with van der Waals surface area (Å²) in [4.78, 5) is 24.2. The lowest BCUT2D eigenvalue weighted by atomic mass is 10.0. The predicted octanol–water partition coefficient (Wildman–Crippen LogP) is 3.61. The highest BCUT2D eigenvalue weighted by molar-refractivity contribution is 14.1. The summed E-state index contributed by atoms with van der Waals surface area (Å²) >= 11 is 8.12. The summed E-state index contributed by atoms with van der Waals surface area (Å²) in [6.45, 7) is 3.94. The van der Waals surface area contributed by atoms with Crippen molar-refractivity contribution in [2.24, 2.45) is 0 Å². The Morgan fingerprint density at radius 3 is 2.55 bits per heavy atom. The molecule has 4 nitrogen and oxygen atoms in total. The molecule has 6 heteroatoms. The summed E-state index contributed by atoms with van der Waals surface area (Å²) < 4.78 is 10.8. The summed E-state index contributed by atoms with van der Waals surface area (Å²) in [6, 6.07) is 4.97. The fourth-order valence-electron chi connectivity index (χ4n) is 1.39. The van der Waals surface area contributed by atoms with Crippen LogP contribution in [0.3, 0.4) is 0 Å². The summed E-state index contributed by atoms with van der Waals surface area (Å²) in [5.41, 5.74) is 0.0721. The van der Waals surface area contributed by atoms with Gasteiger partial charge >= 0.3 is 5.97 Å². The molecular formula is C14H14ClIO4. The molecule has 20 heavy (non-hydrogen) atoms. The number of esters is 1. The molecule has 0 N–H and O–H groups in total. The highest BCUT2D eigenvalue weighted by Crippen LogP contribution is 2.22. The van der Waals surface area contributed by atoms with E-state index in [0.29, 0.717) is 6.61 Å². The number of rotatable bonds is 6. The standard InChI is InChI=1S/C14H14ClIO4/c1-3-19-8-11(14(18)20-4-2)13(17)10-6-5-9(16)7-12(10)15/h5-8H,3-4H2,1-2H3/b11-8-. The molecule has 0 saturated heterocycles. The molecule has 0 heterocycles. The molecule has 108 valence electrons. The molecule has 0 saturated carbocycles. The molecule has 0 aromatic heterocycles. The van der Waals surface area contributed by atoms with E-state index in [2.05, 4.69) is 22.6 Å². The predicted molar refractivity (Wildman–Crippen MR) is 84.8 cm³/mol. The first-order valence-corrected chi connectivity index (χ1v) is 7.45. The summed E-state index contributed by atoms with van der Waals surface area (Å²) in [5.74, 6) is -1.24. The lowest BCUT2D eigenvalue weighted by Gasteiger charge is -2.08. The number of hydrogen-bond acceptors (Lipinski definition) is 4. The monoisotopic (exact) mass is 408 g/mol. The van der Waals surface area contributed by atoms with E-state index in [-0.39, 0.29) is 22.8 Å². The third-order valence-electron chi connectivity index (χ3n) is 2.28. The number of ketones is 1. The van der Waals surface area contributed by atoms with Gasteiger partial charge in [0, 0.05) is 9.13 Å². The molecule has 0 aliphatic heterocycles. The first-order chi connectivity index (χ1) is 9.51. The second-order valence-electron chi connectivity index (χ2n) is 3.66. The van der Waals surface area contributed by atoms with Crippen molar-refractivity contribution in [2.45, 2.75) is 13.8 Å². The van der Waals surface area contributed by atoms with Gasteiger partial charge in [0.2, 0.25) is 5.78 Å². The van der Waals surface area contributed by atoms with Crippen molar-refractivity contribution in [3.05, 3.63) is 44.2 Å². The largest absolute Gasteiger partial charge is 0.500 e. The van der Waals surface area contributed by atoms with E-state index >= 15 is 0 Å². The van der Waals surface area contributed by atoms with Gasteiger partial charge < -0.3 is 9.47 Å². The Labute approximate surface area is 136 Å². The van der Waals surface area contributed by atoms with Gasteiger partial charge in [0.25, 0.3) is 0 Å². The van der Waals surface area contributed by atoms with E-state index in [4.69, 9.17) is 21.1 Å². The molecular weight excluding hydrogens is 395 g/mol. The van der Waals surface area contributed by atoms with E-state index in [9.17, 15) is 9.59 Å². The van der Waals surface area contributed by atoms with Crippen LogP contribution in [0.2, 0.25) is 5.02 Å². The highest BCUT2D eigenvalue weighted by atomic mass is 127. The van der Waals surface area contributed by atoms with Crippen molar-refractivity contribution < 1.29 is 19.1 Å². The number of carbonyl (C=O) groups is 2. The van der Waals surface area contributed by atoms with Crippen molar-refractivity contribution in [3.63, 3.8) is 0 Å². The minimum atomic E-state index is -0.722. The Morgan fingerprint density at radius 1 is 1.30 bits per heavy atom. The van der Waals surface area contributed by atoms with Gasteiger partial charge in [-0.15, -0.1) is 0 Å². The molecule has 1 aromatic carbocycles. The Balaban J connectivity index is 3.13. The molecule has 0 radical (unpaired) electrons. The molecule has 1 rings (SSSR count). The van der Waals surface area contributed by atoms with Crippen LogP contribution in [0.15, 0.2) is 30.0 Å². The third kappa shape index (κ3) is 4.49.